The average Bonchev–Trinajstić information content (AvgIpc) is 3.50. The molecule has 0 spiro atoms. The van der Waals surface area contributed by atoms with Crippen LogP contribution in [-0.2, 0) is 5.54 Å². The molecule has 1 saturated carbocycles. The van der Waals surface area contributed by atoms with Gasteiger partial charge in [0.25, 0.3) is 0 Å². The van der Waals surface area contributed by atoms with E-state index in [1.54, 1.807) is 19.2 Å². The highest BCUT2D eigenvalue weighted by Gasteiger charge is 2.59. The van der Waals surface area contributed by atoms with Crippen molar-refractivity contribution in [1.82, 2.24) is 24.5 Å². The summed E-state index contributed by atoms with van der Waals surface area (Å²) in [5.74, 6) is 0.590. The molecule has 2 fully saturated rings. The predicted molar refractivity (Wildman–Crippen MR) is 182 cm³/mol. The Kier molecular flexibility index (Phi) is 7.63. The molecule has 1 aliphatic heterocycles. The molecule has 8 heteroatoms. The lowest BCUT2D eigenvalue weighted by Gasteiger charge is -2.37. The number of halogens is 1. The summed E-state index contributed by atoms with van der Waals surface area (Å²) in [6.45, 7) is 23.3. The Hall–Kier alpha value is -4.04. The molecule has 0 bridgehead atoms. The van der Waals surface area contributed by atoms with Gasteiger partial charge < -0.3 is 16.0 Å². The van der Waals surface area contributed by atoms with E-state index in [0.29, 0.717) is 29.5 Å². The number of aryl methyl sites for hydroxylation is 1. The summed E-state index contributed by atoms with van der Waals surface area (Å²) in [7, 11) is 0. The maximum Gasteiger partial charge on any atom is 0.165 e. The van der Waals surface area contributed by atoms with Crippen LogP contribution < -0.4 is 11.1 Å². The van der Waals surface area contributed by atoms with Crippen LogP contribution in [0.4, 0.5) is 10.2 Å². The fraction of sp³-hybridized carbons (Fsp3) is 0.432. The Morgan fingerprint density at radius 3 is 2.60 bits per heavy atom. The van der Waals surface area contributed by atoms with Crippen LogP contribution in [0.2, 0.25) is 0 Å². The van der Waals surface area contributed by atoms with Crippen molar-refractivity contribution >= 4 is 17.5 Å². The zero-order valence-electron chi connectivity index (χ0n) is 27.5. The number of anilines is 1. The van der Waals surface area contributed by atoms with Crippen LogP contribution in [0, 0.1) is 23.6 Å². The van der Waals surface area contributed by atoms with Gasteiger partial charge in [0, 0.05) is 58.7 Å². The van der Waals surface area contributed by atoms with E-state index >= 15 is 0 Å². The van der Waals surface area contributed by atoms with Gasteiger partial charge in [-0.25, -0.2) is 9.37 Å². The Balaban J connectivity index is 1.44. The number of nitrogens with zero attached hydrogens (tertiary/aromatic N) is 5. The van der Waals surface area contributed by atoms with Crippen LogP contribution in [0.15, 0.2) is 61.6 Å². The lowest BCUT2D eigenvalue weighted by Crippen LogP contribution is -2.42. The number of allylic oxidation sites excluding steroid dienone is 1. The molecule has 0 amide bonds. The van der Waals surface area contributed by atoms with Gasteiger partial charge in [-0.1, -0.05) is 65.1 Å². The average molecular weight is 608 g/mol. The zero-order valence-corrected chi connectivity index (χ0v) is 27.5. The monoisotopic (exact) mass is 607 g/mol. The number of hydrogen-bond acceptors (Lipinski definition) is 6. The molecular weight excluding hydrogens is 561 g/mol. The lowest BCUT2D eigenvalue weighted by atomic mass is 9.80. The Morgan fingerprint density at radius 2 is 1.96 bits per heavy atom. The van der Waals surface area contributed by atoms with Gasteiger partial charge in [0.05, 0.1) is 23.1 Å². The SMILES string of the molecule is C=Cc1c(C2(N)CCN(C(=C)C(C)(C)CC)C3CC3(C)C2)nc2c(-c3ccc(-c4ccc(C)c(F)c4)nc3)cnn2c1NCC. The maximum absolute atomic E-state index is 14.3. The van der Waals surface area contributed by atoms with E-state index in [2.05, 4.69) is 63.0 Å². The fourth-order valence-corrected chi connectivity index (χ4v) is 7.06. The van der Waals surface area contributed by atoms with Crippen molar-refractivity contribution in [2.24, 2.45) is 16.6 Å². The topological polar surface area (TPSA) is 84.4 Å². The minimum atomic E-state index is -0.677. The first kappa shape index (κ1) is 31.0. The highest BCUT2D eigenvalue weighted by molar-refractivity contribution is 5.81. The van der Waals surface area contributed by atoms with E-state index in [0.717, 1.165) is 66.0 Å². The quantitative estimate of drug-likeness (QED) is 0.201. The van der Waals surface area contributed by atoms with Crippen LogP contribution in [0.25, 0.3) is 34.1 Å². The molecule has 3 aromatic heterocycles. The molecule has 3 N–H and O–H groups in total. The van der Waals surface area contributed by atoms with Crippen molar-refractivity contribution in [3.05, 3.63) is 84.2 Å². The van der Waals surface area contributed by atoms with E-state index < -0.39 is 5.54 Å². The molecule has 1 aromatic carbocycles. The Bertz CT molecular complexity index is 1790. The van der Waals surface area contributed by atoms with Crippen LogP contribution in [0.1, 0.15) is 77.1 Å². The van der Waals surface area contributed by atoms with Crippen molar-refractivity contribution in [1.29, 1.82) is 0 Å². The van der Waals surface area contributed by atoms with Gasteiger partial charge in [-0.3, -0.25) is 4.98 Å². The molecule has 6 rings (SSSR count). The summed E-state index contributed by atoms with van der Waals surface area (Å²) in [5, 5.41) is 8.30. The Morgan fingerprint density at radius 1 is 1.20 bits per heavy atom. The number of nitrogens with two attached hydrogens (primary N) is 1. The second-order valence-electron chi connectivity index (χ2n) is 14.0. The van der Waals surface area contributed by atoms with Gasteiger partial charge in [0.2, 0.25) is 0 Å². The van der Waals surface area contributed by atoms with E-state index in [9.17, 15) is 4.39 Å². The third-order valence-corrected chi connectivity index (χ3v) is 10.5. The number of rotatable bonds is 9. The minimum absolute atomic E-state index is 0.0243. The molecule has 45 heavy (non-hydrogen) atoms. The number of fused-ring (bicyclic) bond motifs is 2. The molecule has 236 valence electrons. The number of nitrogens with one attached hydrogen (secondary N) is 1. The summed E-state index contributed by atoms with van der Waals surface area (Å²) in [6, 6.07) is 9.53. The van der Waals surface area contributed by atoms with E-state index in [1.165, 1.54) is 11.8 Å². The number of hydrogen-bond donors (Lipinski definition) is 2. The van der Waals surface area contributed by atoms with Crippen molar-refractivity contribution < 1.29 is 4.39 Å². The van der Waals surface area contributed by atoms with Gasteiger partial charge in [0.1, 0.15) is 11.6 Å². The molecule has 2 aliphatic rings. The van der Waals surface area contributed by atoms with Crippen LogP contribution in [0.5, 0.6) is 0 Å². The van der Waals surface area contributed by atoms with Crippen LogP contribution in [-0.4, -0.2) is 43.6 Å². The van der Waals surface area contributed by atoms with Crippen molar-refractivity contribution in [2.45, 2.75) is 78.8 Å². The summed E-state index contributed by atoms with van der Waals surface area (Å²) >= 11 is 0. The van der Waals surface area contributed by atoms with Crippen LogP contribution >= 0.6 is 0 Å². The normalized spacial score (nSPS) is 23.0. The van der Waals surface area contributed by atoms with Crippen LogP contribution in [0.3, 0.4) is 0 Å². The van der Waals surface area contributed by atoms with Gasteiger partial charge >= 0.3 is 0 Å². The molecule has 0 radical (unpaired) electrons. The molecule has 4 heterocycles. The van der Waals surface area contributed by atoms with E-state index in [1.807, 2.05) is 35.0 Å². The molecule has 3 unspecified atom stereocenters. The second kappa shape index (κ2) is 11.1. The van der Waals surface area contributed by atoms with Gasteiger partial charge in [-0.2, -0.15) is 9.61 Å². The number of aromatic nitrogens is 4. The molecule has 1 saturated heterocycles. The fourth-order valence-electron chi connectivity index (χ4n) is 7.06. The number of benzene rings is 1. The standard InChI is InChI=1S/C37H46FN7/c1-9-27-32(37(39)16-17-44(24(5)35(6,7)10-2)31-19-36(31,8)22-37)43-34-28(21-42-45(34)33(27)40-11-3)26-14-15-30(41-20-26)25-13-12-23(4)29(38)18-25/h9,12-15,18,20-21,31,40H,1,5,10-11,16-17,19,22,39H2,2-4,6-8H3. The first-order chi connectivity index (χ1) is 21.4. The number of likely N-dealkylation sites (tertiary alicyclic amines) is 1. The van der Waals surface area contributed by atoms with E-state index in [-0.39, 0.29) is 16.6 Å². The lowest BCUT2D eigenvalue weighted by molar-refractivity contribution is 0.228. The summed E-state index contributed by atoms with van der Waals surface area (Å²) < 4.78 is 16.1. The maximum atomic E-state index is 14.3. The first-order valence-corrected chi connectivity index (χ1v) is 16.1. The predicted octanol–water partition coefficient (Wildman–Crippen LogP) is 7.96. The summed E-state index contributed by atoms with van der Waals surface area (Å²) in [4.78, 5) is 12.6. The molecule has 7 nitrogen and oxygen atoms in total. The van der Waals surface area contributed by atoms with Crippen molar-refractivity contribution in [3.8, 4) is 22.4 Å². The Labute approximate surface area is 266 Å². The van der Waals surface area contributed by atoms with Gasteiger partial charge in [-0.05, 0) is 62.6 Å². The third-order valence-electron chi connectivity index (χ3n) is 10.5. The molecular formula is C37H46FN7. The highest BCUT2D eigenvalue weighted by Crippen LogP contribution is 2.60. The molecule has 3 atom stereocenters. The van der Waals surface area contributed by atoms with Crippen molar-refractivity contribution in [3.63, 3.8) is 0 Å². The largest absolute Gasteiger partial charge is 0.371 e. The number of pyridine rings is 1. The minimum Gasteiger partial charge on any atom is -0.371 e. The van der Waals surface area contributed by atoms with E-state index in [4.69, 9.17) is 15.8 Å². The second-order valence-corrected chi connectivity index (χ2v) is 14.0. The molecule has 4 aromatic rings. The first-order valence-electron chi connectivity index (χ1n) is 16.1. The zero-order chi connectivity index (χ0) is 32.3. The smallest absolute Gasteiger partial charge is 0.165 e. The highest BCUT2D eigenvalue weighted by atomic mass is 19.1. The third kappa shape index (κ3) is 5.23. The van der Waals surface area contributed by atoms with Gasteiger partial charge in [0.15, 0.2) is 5.65 Å². The molecule has 1 aliphatic carbocycles. The van der Waals surface area contributed by atoms with Crippen molar-refractivity contribution in [2.75, 3.05) is 18.4 Å². The summed E-state index contributed by atoms with van der Waals surface area (Å²) in [5.41, 5.74) is 14.4. The van der Waals surface area contributed by atoms with Gasteiger partial charge in [-0.15, -0.1) is 0 Å². The summed E-state index contributed by atoms with van der Waals surface area (Å²) in [6.07, 6.45) is 9.20.